The second-order valence-corrected chi connectivity index (χ2v) is 13.2. The molecular weight excluding hydrogens is 617 g/mol. The van der Waals surface area contributed by atoms with Gasteiger partial charge in [-0.1, -0.05) is 133 Å². The smallest absolute Gasteiger partial charge is 0.188 e. The molecule has 2 heteroatoms. The Morgan fingerprint density at radius 1 is 0.333 bits per heavy atom. The van der Waals surface area contributed by atoms with Crippen molar-refractivity contribution in [3.8, 4) is 39.1 Å². The van der Waals surface area contributed by atoms with Gasteiger partial charge < -0.3 is 4.57 Å². The van der Waals surface area contributed by atoms with Crippen LogP contribution in [-0.4, -0.2) is 4.57 Å². The Balaban J connectivity index is 1.13. The number of hydrogen-bond acceptors (Lipinski definition) is 0. The Bertz CT molecular complexity index is 3000. The normalized spacial score (nSPS) is 11.5. The average Bonchev–Trinajstić information content (AvgIpc) is 3.54. The zero-order chi connectivity index (χ0) is 33.9. The molecule has 0 aliphatic rings. The van der Waals surface area contributed by atoms with Gasteiger partial charge in [-0.15, -0.1) is 0 Å². The zero-order valence-corrected chi connectivity index (χ0v) is 27.7. The molecule has 0 aliphatic heterocycles. The maximum absolute atomic E-state index is 7.66. The minimum absolute atomic E-state index is 0.649. The third-order valence-corrected chi connectivity index (χ3v) is 10.4. The van der Waals surface area contributed by atoms with Crippen molar-refractivity contribution in [2.75, 3.05) is 0 Å². The lowest BCUT2D eigenvalue weighted by molar-refractivity contribution is 1.18. The first-order valence-electron chi connectivity index (χ1n) is 17.3. The summed E-state index contributed by atoms with van der Waals surface area (Å²) < 4.78 is 2.29. The first kappa shape index (κ1) is 29.0. The molecule has 0 aliphatic carbocycles. The molecule has 10 aromatic rings. The zero-order valence-electron chi connectivity index (χ0n) is 27.7. The van der Waals surface area contributed by atoms with Crippen LogP contribution in [0.15, 0.2) is 182 Å². The number of para-hydroxylation sites is 1. The molecule has 0 saturated heterocycles. The van der Waals surface area contributed by atoms with Gasteiger partial charge in [0.1, 0.15) is 0 Å². The molecule has 9 aromatic carbocycles. The van der Waals surface area contributed by atoms with E-state index < -0.39 is 0 Å². The number of hydrogen-bond donors (Lipinski definition) is 0. The Kier molecular flexibility index (Phi) is 6.59. The molecule has 51 heavy (non-hydrogen) atoms. The lowest BCUT2D eigenvalue weighted by atomic mass is 9.87. The Morgan fingerprint density at radius 2 is 0.804 bits per heavy atom. The van der Waals surface area contributed by atoms with Crippen LogP contribution in [0.4, 0.5) is 5.69 Å². The molecule has 0 fully saturated rings. The second-order valence-electron chi connectivity index (χ2n) is 13.2. The third-order valence-electron chi connectivity index (χ3n) is 10.4. The van der Waals surface area contributed by atoms with Crippen molar-refractivity contribution in [1.29, 1.82) is 0 Å². The SMILES string of the molecule is [C-]#[N+]c1ccc2c(c1)c1cc(-c3ccc(-c4cc5c6ccccc6c(-c6ccccc6)cc5c5ccccc45)cc3)ccc1n2-c1ccccc1. The van der Waals surface area contributed by atoms with Crippen molar-refractivity contribution >= 4 is 59.8 Å². The average molecular weight is 647 g/mol. The summed E-state index contributed by atoms with van der Waals surface area (Å²) in [6.07, 6.45) is 0. The number of nitrogens with zero attached hydrogens (tertiary/aromatic N) is 2. The summed E-state index contributed by atoms with van der Waals surface area (Å²) in [5.41, 5.74) is 11.2. The Hall–Kier alpha value is -6.95. The number of fused-ring (bicyclic) bond motifs is 8. The van der Waals surface area contributed by atoms with Crippen molar-refractivity contribution in [1.82, 2.24) is 4.57 Å². The van der Waals surface area contributed by atoms with Gasteiger partial charge in [0.2, 0.25) is 0 Å². The first-order chi connectivity index (χ1) is 25.2. The van der Waals surface area contributed by atoms with Gasteiger partial charge >= 0.3 is 0 Å². The van der Waals surface area contributed by atoms with Crippen LogP contribution in [0.5, 0.6) is 0 Å². The van der Waals surface area contributed by atoms with Crippen LogP contribution in [0, 0.1) is 6.57 Å². The summed E-state index contributed by atoms with van der Waals surface area (Å²) in [7, 11) is 0. The van der Waals surface area contributed by atoms with Gasteiger partial charge in [0.05, 0.1) is 17.6 Å². The fraction of sp³-hybridized carbons (Fsp3) is 0. The molecule has 0 saturated carbocycles. The molecule has 0 unspecified atom stereocenters. The molecule has 0 amide bonds. The van der Waals surface area contributed by atoms with Gasteiger partial charge in [-0.05, 0) is 120 Å². The van der Waals surface area contributed by atoms with E-state index in [1.165, 1.54) is 54.6 Å². The van der Waals surface area contributed by atoms with Gasteiger partial charge in [0.25, 0.3) is 0 Å². The first-order valence-corrected chi connectivity index (χ1v) is 17.3. The maximum Gasteiger partial charge on any atom is 0.188 e. The highest BCUT2D eigenvalue weighted by Crippen LogP contribution is 2.42. The highest BCUT2D eigenvalue weighted by atomic mass is 15.0. The van der Waals surface area contributed by atoms with E-state index >= 15 is 0 Å². The third kappa shape index (κ3) is 4.64. The van der Waals surface area contributed by atoms with Crippen molar-refractivity contribution < 1.29 is 0 Å². The number of aromatic nitrogens is 1. The van der Waals surface area contributed by atoms with E-state index in [4.69, 9.17) is 6.57 Å². The standard InChI is InChI=1S/C49H30N2/c1-50-36-25-27-49-47(29-36)46-28-35(24-26-48(46)51(49)37-14-6-3-7-15-37)32-20-22-34(23-21-32)43-31-45-40-18-10-8-16-38(40)42(33-12-4-2-5-13-33)30-44(45)41-19-11-9-17-39(41)43/h2-31H. The van der Waals surface area contributed by atoms with Crippen molar-refractivity contribution in [2.45, 2.75) is 0 Å². The van der Waals surface area contributed by atoms with Crippen molar-refractivity contribution in [3.63, 3.8) is 0 Å². The molecule has 0 N–H and O–H groups in total. The van der Waals surface area contributed by atoms with Crippen LogP contribution < -0.4 is 0 Å². The highest BCUT2D eigenvalue weighted by molar-refractivity contribution is 6.24. The summed E-state index contributed by atoms with van der Waals surface area (Å²) in [4.78, 5) is 3.74. The predicted molar refractivity (Wildman–Crippen MR) is 216 cm³/mol. The summed E-state index contributed by atoms with van der Waals surface area (Å²) in [5.74, 6) is 0. The van der Waals surface area contributed by atoms with E-state index in [2.05, 4.69) is 173 Å². The van der Waals surface area contributed by atoms with Crippen LogP contribution in [0.25, 0.3) is 98.0 Å². The monoisotopic (exact) mass is 646 g/mol. The Morgan fingerprint density at radius 3 is 1.41 bits per heavy atom. The highest BCUT2D eigenvalue weighted by Gasteiger charge is 2.16. The molecule has 0 radical (unpaired) electrons. The van der Waals surface area contributed by atoms with Crippen LogP contribution in [0.1, 0.15) is 0 Å². The largest absolute Gasteiger partial charge is 0.309 e. The predicted octanol–water partition coefficient (Wildman–Crippen LogP) is 13.8. The summed E-state index contributed by atoms with van der Waals surface area (Å²) in [6, 6.07) is 65.3. The van der Waals surface area contributed by atoms with E-state index in [1.807, 2.05) is 18.2 Å². The molecule has 0 spiro atoms. The van der Waals surface area contributed by atoms with E-state index in [1.54, 1.807) is 0 Å². The molecular formula is C49H30N2. The molecule has 236 valence electrons. The molecule has 1 aromatic heterocycles. The second kappa shape index (κ2) is 11.6. The van der Waals surface area contributed by atoms with E-state index in [9.17, 15) is 0 Å². The fourth-order valence-corrected chi connectivity index (χ4v) is 8.00. The number of benzene rings is 9. The summed E-state index contributed by atoms with van der Waals surface area (Å²) in [6.45, 7) is 7.66. The van der Waals surface area contributed by atoms with Gasteiger partial charge in [-0.3, -0.25) is 0 Å². The van der Waals surface area contributed by atoms with Crippen LogP contribution in [0.3, 0.4) is 0 Å². The molecule has 10 rings (SSSR count). The molecule has 0 atom stereocenters. The molecule has 0 bridgehead atoms. The van der Waals surface area contributed by atoms with Gasteiger partial charge in [-0.2, -0.15) is 0 Å². The summed E-state index contributed by atoms with van der Waals surface area (Å²) >= 11 is 0. The van der Waals surface area contributed by atoms with Crippen molar-refractivity contribution in [3.05, 3.63) is 193 Å². The van der Waals surface area contributed by atoms with Crippen LogP contribution in [-0.2, 0) is 0 Å². The lowest BCUT2D eigenvalue weighted by Gasteiger charge is -2.16. The summed E-state index contributed by atoms with van der Waals surface area (Å²) in [5, 5.41) is 9.81. The van der Waals surface area contributed by atoms with E-state index in [0.717, 1.165) is 38.6 Å². The lowest BCUT2D eigenvalue weighted by Crippen LogP contribution is -1.92. The minimum atomic E-state index is 0.649. The van der Waals surface area contributed by atoms with Crippen molar-refractivity contribution in [2.24, 2.45) is 0 Å². The van der Waals surface area contributed by atoms with Gasteiger partial charge in [0.15, 0.2) is 5.69 Å². The van der Waals surface area contributed by atoms with Gasteiger partial charge in [-0.25, -0.2) is 4.85 Å². The maximum atomic E-state index is 7.66. The van der Waals surface area contributed by atoms with E-state index in [0.29, 0.717) is 5.69 Å². The molecule has 2 nitrogen and oxygen atoms in total. The molecule has 1 heterocycles. The van der Waals surface area contributed by atoms with E-state index in [-0.39, 0.29) is 0 Å². The minimum Gasteiger partial charge on any atom is -0.309 e. The Labute approximate surface area is 295 Å². The van der Waals surface area contributed by atoms with Crippen LogP contribution >= 0.6 is 0 Å². The van der Waals surface area contributed by atoms with Crippen LogP contribution in [0.2, 0.25) is 0 Å². The van der Waals surface area contributed by atoms with Gasteiger partial charge in [0, 0.05) is 11.1 Å². The fourth-order valence-electron chi connectivity index (χ4n) is 8.00. The number of rotatable bonds is 4. The topological polar surface area (TPSA) is 9.29 Å². The quantitative estimate of drug-likeness (QED) is 0.133.